The van der Waals surface area contributed by atoms with Crippen LogP contribution in [0.5, 0.6) is 0 Å². The van der Waals surface area contributed by atoms with Gasteiger partial charge in [-0.15, -0.1) is 0 Å². The lowest BCUT2D eigenvalue weighted by Gasteiger charge is -2.27. The van der Waals surface area contributed by atoms with E-state index < -0.39 is 0 Å². The number of carbonyl (C=O) groups excluding carboxylic acids is 2. The van der Waals surface area contributed by atoms with E-state index in [0.29, 0.717) is 6.54 Å². The largest absolute Gasteiger partial charge is 0.348 e. The van der Waals surface area contributed by atoms with Gasteiger partial charge in [0.05, 0.1) is 19.0 Å². The predicted molar refractivity (Wildman–Crippen MR) is 91.1 cm³/mol. The Labute approximate surface area is 140 Å². The van der Waals surface area contributed by atoms with Gasteiger partial charge in [0.1, 0.15) is 0 Å². The molecule has 6 heteroatoms. The van der Waals surface area contributed by atoms with Gasteiger partial charge in [-0.25, -0.2) is 0 Å². The Hall–Kier alpha value is -2.73. The lowest BCUT2D eigenvalue weighted by molar-refractivity contribution is -0.123. The number of likely N-dealkylation sites (N-methyl/N-ethyl adjacent to an activating group) is 1. The summed E-state index contributed by atoms with van der Waals surface area (Å²) in [4.78, 5) is 30.0. The van der Waals surface area contributed by atoms with Crippen LogP contribution in [0.2, 0.25) is 0 Å². The van der Waals surface area contributed by atoms with Gasteiger partial charge in [-0.05, 0) is 36.4 Å². The summed E-state index contributed by atoms with van der Waals surface area (Å²) in [5.41, 5.74) is 2.81. The molecule has 2 heterocycles. The maximum absolute atomic E-state index is 12.3. The van der Waals surface area contributed by atoms with E-state index in [0.717, 1.165) is 16.8 Å². The maximum Gasteiger partial charge on any atom is 0.234 e. The van der Waals surface area contributed by atoms with Gasteiger partial charge in [0.2, 0.25) is 11.8 Å². The third kappa shape index (κ3) is 3.97. The van der Waals surface area contributed by atoms with Gasteiger partial charge in [0, 0.05) is 24.6 Å². The van der Waals surface area contributed by atoms with Crippen LogP contribution in [-0.2, 0) is 16.1 Å². The van der Waals surface area contributed by atoms with Gasteiger partial charge in [0.15, 0.2) is 0 Å². The van der Waals surface area contributed by atoms with Crippen LogP contribution in [0.25, 0.3) is 0 Å². The van der Waals surface area contributed by atoms with E-state index in [-0.39, 0.29) is 30.8 Å². The summed E-state index contributed by atoms with van der Waals surface area (Å²) in [5.74, 6) is -0.176. The van der Waals surface area contributed by atoms with Crippen molar-refractivity contribution in [1.82, 2.24) is 15.2 Å². The number of nitrogens with one attached hydrogen (secondary N) is 2. The number of anilines is 1. The lowest BCUT2D eigenvalue weighted by atomic mass is 9.97. The zero-order valence-corrected chi connectivity index (χ0v) is 13.5. The van der Waals surface area contributed by atoms with Crippen molar-refractivity contribution >= 4 is 17.5 Å². The second kappa shape index (κ2) is 7.23. The first-order valence-electron chi connectivity index (χ1n) is 7.87. The van der Waals surface area contributed by atoms with Crippen molar-refractivity contribution in [2.45, 2.75) is 19.0 Å². The molecule has 0 spiro atoms. The summed E-state index contributed by atoms with van der Waals surface area (Å²) in [6.07, 6.45) is 3.73. The Morgan fingerprint density at radius 2 is 2.04 bits per heavy atom. The third-order valence-electron chi connectivity index (χ3n) is 3.95. The highest BCUT2D eigenvalue weighted by molar-refractivity contribution is 5.95. The standard InChI is InChI=1S/C18H20N4O2/c1-22(11-13-6-8-19-9-7-13)12-18(24)21-16-10-17(23)20-15-5-3-2-4-14(15)16/h2-9,16H,10-12H2,1H3,(H,20,23)(H,21,24). The number of aromatic nitrogens is 1. The molecular weight excluding hydrogens is 304 g/mol. The molecule has 24 heavy (non-hydrogen) atoms. The molecule has 124 valence electrons. The van der Waals surface area contributed by atoms with E-state index >= 15 is 0 Å². The highest BCUT2D eigenvalue weighted by Crippen LogP contribution is 2.29. The first kappa shape index (κ1) is 16.1. The number of amides is 2. The summed E-state index contributed by atoms with van der Waals surface area (Å²) in [6, 6.07) is 11.1. The van der Waals surface area contributed by atoms with Crippen molar-refractivity contribution in [2.24, 2.45) is 0 Å². The van der Waals surface area contributed by atoms with Crippen LogP contribution >= 0.6 is 0 Å². The van der Waals surface area contributed by atoms with E-state index in [9.17, 15) is 9.59 Å². The van der Waals surface area contributed by atoms with Gasteiger partial charge < -0.3 is 10.6 Å². The Balaban J connectivity index is 1.60. The second-order valence-corrected chi connectivity index (χ2v) is 5.99. The maximum atomic E-state index is 12.3. The third-order valence-corrected chi connectivity index (χ3v) is 3.95. The van der Waals surface area contributed by atoms with Crippen molar-refractivity contribution in [1.29, 1.82) is 0 Å². The molecule has 2 N–H and O–H groups in total. The minimum atomic E-state index is -0.281. The Morgan fingerprint density at radius 3 is 2.83 bits per heavy atom. The van der Waals surface area contributed by atoms with Crippen LogP contribution in [-0.4, -0.2) is 35.3 Å². The van der Waals surface area contributed by atoms with Gasteiger partial charge in [-0.1, -0.05) is 18.2 Å². The molecule has 0 saturated carbocycles. The molecule has 0 fully saturated rings. The Kier molecular flexibility index (Phi) is 4.86. The number of fused-ring (bicyclic) bond motifs is 1. The highest BCUT2D eigenvalue weighted by atomic mass is 16.2. The van der Waals surface area contributed by atoms with Crippen LogP contribution in [0.3, 0.4) is 0 Å². The molecule has 1 aromatic heterocycles. The molecule has 6 nitrogen and oxygen atoms in total. The fraction of sp³-hybridized carbons (Fsp3) is 0.278. The van der Waals surface area contributed by atoms with E-state index in [1.165, 1.54) is 0 Å². The molecule has 0 radical (unpaired) electrons. The summed E-state index contributed by atoms with van der Waals surface area (Å²) in [6.45, 7) is 0.931. The topological polar surface area (TPSA) is 74.3 Å². The van der Waals surface area contributed by atoms with Gasteiger partial charge >= 0.3 is 0 Å². The number of nitrogens with zero attached hydrogens (tertiary/aromatic N) is 2. The molecule has 1 atom stereocenters. The van der Waals surface area contributed by atoms with E-state index in [2.05, 4.69) is 15.6 Å². The average molecular weight is 324 g/mol. The minimum absolute atomic E-state index is 0.0795. The Morgan fingerprint density at radius 1 is 1.29 bits per heavy atom. The number of hydrogen-bond acceptors (Lipinski definition) is 4. The number of rotatable bonds is 5. The molecule has 1 unspecified atom stereocenters. The second-order valence-electron chi connectivity index (χ2n) is 5.99. The number of para-hydroxylation sites is 1. The summed E-state index contributed by atoms with van der Waals surface area (Å²) in [5, 5.41) is 5.80. The fourth-order valence-corrected chi connectivity index (χ4v) is 2.88. The van der Waals surface area contributed by atoms with Gasteiger partial charge in [0.25, 0.3) is 0 Å². The molecule has 3 rings (SSSR count). The Bertz CT molecular complexity index is 733. The van der Waals surface area contributed by atoms with E-state index in [1.54, 1.807) is 12.4 Å². The predicted octanol–water partition coefficient (Wildman–Crippen LogP) is 1.71. The summed E-state index contributed by atoms with van der Waals surface area (Å²) < 4.78 is 0. The van der Waals surface area contributed by atoms with Gasteiger partial charge in [-0.3, -0.25) is 19.5 Å². The van der Waals surface area contributed by atoms with Crippen molar-refractivity contribution in [3.8, 4) is 0 Å². The molecule has 2 amide bonds. The van der Waals surface area contributed by atoms with E-state index in [1.807, 2.05) is 48.3 Å². The number of benzene rings is 1. The molecular formula is C18H20N4O2. The average Bonchev–Trinajstić information content (AvgIpc) is 2.55. The molecule has 2 aromatic rings. The van der Waals surface area contributed by atoms with Crippen LogP contribution in [0.4, 0.5) is 5.69 Å². The van der Waals surface area contributed by atoms with Crippen molar-refractivity contribution < 1.29 is 9.59 Å². The number of pyridine rings is 1. The molecule has 0 bridgehead atoms. The summed E-state index contributed by atoms with van der Waals surface area (Å²) in [7, 11) is 1.89. The van der Waals surface area contributed by atoms with Crippen LogP contribution in [0, 0.1) is 0 Å². The van der Waals surface area contributed by atoms with Crippen molar-refractivity contribution in [3.05, 3.63) is 59.9 Å². The van der Waals surface area contributed by atoms with Crippen LogP contribution in [0.15, 0.2) is 48.8 Å². The van der Waals surface area contributed by atoms with Crippen molar-refractivity contribution in [2.75, 3.05) is 18.9 Å². The quantitative estimate of drug-likeness (QED) is 0.878. The number of hydrogen-bond donors (Lipinski definition) is 2. The highest BCUT2D eigenvalue weighted by Gasteiger charge is 2.26. The SMILES string of the molecule is CN(CC(=O)NC1CC(=O)Nc2ccccc21)Cc1ccncc1. The lowest BCUT2D eigenvalue weighted by Crippen LogP contribution is -2.40. The smallest absolute Gasteiger partial charge is 0.234 e. The number of carbonyl (C=O) groups is 2. The molecule has 1 aliphatic rings. The zero-order valence-electron chi connectivity index (χ0n) is 13.5. The zero-order chi connectivity index (χ0) is 16.9. The fourth-order valence-electron chi connectivity index (χ4n) is 2.88. The normalized spacial score (nSPS) is 16.4. The monoisotopic (exact) mass is 324 g/mol. The molecule has 1 aromatic carbocycles. The van der Waals surface area contributed by atoms with Gasteiger partial charge in [-0.2, -0.15) is 0 Å². The minimum Gasteiger partial charge on any atom is -0.348 e. The molecule has 1 aliphatic heterocycles. The first-order chi connectivity index (χ1) is 11.6. The van der Waals surface area contributed by atoms with Crippen LogP contribution < -0.4 is 10.6 Å². The van der Waals surface area contributed by atoms with Crippen LogP contribution in [0.1, 0.15) is 23.6 Å². The molecule has 0 aliphatic carbocycles. The molecule has 0 saturated heterocycles. The van der Waals surface area contributed by atoms with Crippen molar-refractivity contribution in [3.63, 3.8) is 0 Å². The summed E-state index contributed by atoms with van der Waals surface area (Å²) >= 11 is 0. The first-order valence-corrected chi connectivity index (χ1v) is 7.87. The van der Waals surface area contributed by atoms with E-state index in [4.69, 9.17) is 0 Å².